The van der Waals surface area contributed by atoms with Crippen molar-refractivity contribution in [3.05, 3.63) is 23.3 Å². The summed E-state index contributed by atoms with van der Waals surface area (Å²) < 4.78 is 0. The Kier molecular flexibility index (Phi) is 3.60. The van der Waals surface area contributed by atoms with Crippen LogP contribution in [0, 0.1) is 23.2 Å². The van der Waals surface area contributed by atoms with E-state index in [4.69, 9.17) is 10.7 Å². The van der Waals surface area contributed by atoms with Gasteiger partial charge < -0.3 is 9.94 Å². The quantitative estimate of drug-likeness (QED) is 0.789. The zero-order valence-electron chi connectivity index (χ0n) is 14.3. The van der Waals surface area contributed by atoms with Gasteiger partial charge in [0, 0.05) is 0 Å². The summed E-state index contributed by atoms with van der Waals surface area (Å²) >= 11 is 0. The number of phenolic OH excluding ortho intramolecular Hbond substituents is 1. The monoisotopic (exact) mass is 315 g/mol. The molecule has 0 heterocycles. The van der Waals surface area contributed by atoms with Gasteiger partial charge >= 0.3 is 0 Å². The van der Waals surface area contributed by atoms with Crippen molar-refractivity contribution < 1.29 is 9.94 Å². The lowest BCUT2D eigenvalue weighted by molar-refractivity contribution is 0.0272. The number of hydrogen-bond donors (Lipinski definition) is 2. The van der Waals surface area contributed by atoms with E-state index in [2.05, 4.69) is 13.8 Å². The highest BCUT2D eigenvalue weighted by Crippen LogP contribution is 2.63. The van der Waals surface area contributed by atoms with Gasteiger partial charge in [0.15, 0.2) is 11.5 Å². The molecule has 1 aromatic carbocycles. The van der Waals surface area contributed by atoms with Gasteiger partial charge in [-0.25, -0.2) is 0 Å². The Labute approximate surface area is 139 Å². The van der Waals surface area contributed by atoms with Crippen LogP contribution in [-0.4, -0.2) is 5.11 Å². The summed E-state index contributed by atoms with van der Waals surface area (Å²) in [5, 5.41) is 10.0. The zero-order chi connectivity index (χ0) is 16.2. The molecule has 126 valence electrons. The van der Waals surface area contributed by atoms with Crippen molar-refractivity contribution in [2.24, 2.45) is 29.1 Å². The average molecular weight is 315 g/mol. The summed E-state index contributed by atoms with van der Waals surface area (Å²) in [6, 6.07) is 3.89. The Hall–Kier alpha value is -1.22. The zero-order valence-corrected chi connectivity index (χ0v) is 14.3. The van der Waals surface area contributed by atoms with Crippen LogP contribution in [0.15, 0.2) is 12.1 Å². The lowest BCUT2D eigenvalue weighted by Gasteiger charge is -2.51. The smallest absolute Gasteiger partial charge is 0.188 e. The molecule has 0 bridgehead atoms. The first-order valence-corrected chi connectivity index (χ1v) is 9.31. The molecule has 3 N–H and O–H groups in total. The Balaban J connectivity index is 1.70. The molecule has 3 aliphatic rings. The first kappa shape index (κ1) is 15.3. The van der Waals surface area contributed by atoms with E-state index < -0.39 is 0 Å². The number of fused-ring (bicyclic) bond motifs is 5. The van der Waals surface area contributed by atoms with Crippen molar-refractivity contribution in [2.75, 3.05) is 0 Å². The number of aromatic hydroxyl groups is 1. The molecule has 3 aliphatic carbocycles. The van der Waals surface area contributed by atoms with E-state index in [1.54, 1.807) is 0 Å². The Morgan fingerprint density at radius 3 is 2.83 bits per heavy atom. The number of hydrogen-bond acceptors (Lipinski definition) is 3. The van der Waals surface area contributed by atoms with Gasteiger partial charge in [0.1, 0.15) is 0 Å². The predicted molar refractivity (Wildman–Crippen MR) is 91.3 cm³/mol. The molecule has 4 rings (SSSR count). The molecule has 5 atom stereocenters. The van der Waals surface area contributed by atoms with Gasteiger partial charge in [-0.3, -0.25) is 0 Å². The third-order valence-corrected chi connectivity index (χ3v) is 7.62. The van der Waals surface area contributed by atoms with Crippen molar-refractivity contribution in [2.45, 2.75) is 64.7 Å². The molecular weight excluding hydrogens is 286 g/mol. The number of aryl methyl sites for hydroxylation is 1. The van der Waals surface area contributed by atoms with Crippen LogP contribution < -0.4 is 10.7 Å². The van der Waals surface area contributed by atoms with Crippen molar-refractivity contribution in [1.82, 2.24) is 0 Å². The van der Waals surface area contributed by atoms with Crippen molar-refractivity contribution in [3.8, 4) is 11.5 Å². The summed E-state index contributed by atoms with van der Waals surface area (Å²) in [4.78, 5) is 4.88. The number of benzene rings is 1. The van der Waals surface area contributed by atoms with Gasteiger partial charge in [-0.2, -0.15) is 5.90 Å². The van der Waals surface area contributed by atoms with Gasteiger partial charge in [-0.1, -0.05) is 20.3 Å². The van der Waals surface area contributed by atoms with Crippen molar-refractivity contribution in [1.29, 1.82) is 0 Å². The fourth-order valence-electron chi connectivity index (χ4n) is 6.46. The largest absolute Gasteiger partial charge is 0.504 e. The van der Waals surface area contributed by atoms with Crippen LogP contribution in [0.25, 0.3) is 0 Å². The van der Waals surface area contributed by atoms with E-state index in [0.717, 1.165) is 24.2 Å². The molecule has 0 amide bonds. The fraction of sp³-hybridized carbons (Fsp3) is 0.700. The van der Waals surface area contributed by atoms with Crippen molar-refractivity contribution >= 4 is 0 Å². The maximum Gasteiger partial charge on any atom is 0.188 e. The molecule has 3 nitrogen and oxygen atoms in total. The SMILES string of the molecule is CC[C@H]1CCC2C3CCc4cc(O)c(ON)cc4C3CCC21C. The Morgan fingerprint density at radius 1 is 1.26 bits per heavy atom. The average Bonchev–Trinajstić information content (AvgIpc) is 2.90. The molecule has 23 heavy (non-hydrogen) atoms. The Morgan fingerprint density at radius 2 is 2.09 bits per heavy atom. The minimum Gasteiger partial charge on any atom is -0.504 e. The molecule has 0 spiro atoms. The summed E-state index contributed by atoms with van der Waals surface area (Å²) in [5.74, 6) is 9.15. The molecule has 0 saturated heterocycles. The first-order valence-electron chi connectivity index (χ1n) is 9.31. The first-order chi connectivity index (χ1) is 11.1. The van der Waals surface area contributed by atoms with Crippen LogP contribution in [0.4, 0.5) is 0 Å². The summed E-state index contributed by atoms with van der Waals surface area (Å²) in [6.45, 7) is 4.93. The molecule has 4 unspecified atom stereocenters. The molecule has 2 saturated carbocycles. The van der Waals surface area contributed by atoms with Crippen LogP contribution in [0.5, 0.6) is 11.5 Å². The van der Waals surface area contributed by atoms with Gasteiger partial charge in [0.2, 0.25) is 0 Å². The van der Waals surface area contributed by atoms with Gasteiger partial charge in [-0.05, 0) is 90.9 Å². The standard InChI is InChI=1S/C20H29NO2/c1-3-13-5-7-17-15-6-4-12-10-18(22)19(23-21)11-16(12)14(15)8-9-20(13,17)2/h10-11,13-15,17,22H,3-9,21H2,1-2H3/t13-,14?,15?,17?,20?/m0/s1. The number of nitrogens with two attached hydrogens (primary N) is 1. The van der Waals surface area contributed by atoms with Gasteiger partial charge in [0.05, 0.1) is 0 Å². The molecule has 0 aliphatic heterocycles. The van der Waals surface area contributed by atoms with Crippen LogP contribution >= 0.6 is 0 Å². The molecule has 3 heteroatoms. The van der Waals surface area contributed by atoms with Crippen LogP contribution in [0.3, 0.4) is 0 Å². The van der Waals surface area contributed by atoms with Gasteiger partial charge in [-0.15, -0.1) is 0 Å². The molecule has 0 radical (unpaired) electrons. The maximum absolute atomic E-state index is 10.0. The van der Waals surface area contributed by atoms with E-state index in [9.17, 15) is 5.11 Å². The topological polar surface area (TPSA) is 55.5 Å². The van der Waals surface area contributed by atoms with Crippen LogP contribution in [-0.2, 0) is 6.42 Å². The molecule has 1 aromatic rings. The van der Waals surface area contributed by atoms with Crippen LogP contribution in [0.2, 0.25) is 0 Å². The molecule has 2 fully saturated rings. The second-order valence-corrected chi connectivity index (χ2v) is 8.28. The lowest BCUT2D eigenvalue weighted by Crippen LogP contribution is -2.42. The van der Waals surface area contributed by atoms with E-state index >= 15 is 0 Å². The second-order valence-electron chi connectivity index (χ2n) is 8.28. The highest BCUT2D eigenvalue weighted by atomic mass is 16.6. The van der Waals surface area contributed by atoms with Crippen molar-refractivity contribution in [3.63, 3.8) is 0 Å². The summed E-state index contributed by atoms with van der Waals surface area (Å²) in [6.07, 6.45) is 9.13. The second kappa shape index (κ2) is 5.41. The summed E-state index contributed by atoms with van der Waals surface area (Å²) in [7, 11) is 0. The minimum absolute atomic E-state index is 0.178. The molecule has 0 aromatic heterocycles. The maximum atomic E-state index is 10.0. The number of phenols is 1. The third kappa shape index (κ3) is 2.12. The minimum atomic E-state index is 0.178. The molecular formula is C20H29NO2. The van der Waals surface area contributed by atoms with Gasteiger partial charge in [0.25, 0.3) is 0 Å². The predicted octanol–water partition coefficient (Wildman–Crippen LogP) is 4.53. The normalized spacial score (nSPS) is 38.6. The fourth-order valence-corrected chi connectivity index (χ4v) is 6.46. The van der Waals surface area contributed by atoms with E-state index in [1.807, 2.05) is 12.1 Å². The lowest BCUT2D eigenvalue weighted by atomic mass is 9.54. The highest BCUT2D eigenvalue weighted by Gasteiger charge is 2.54. The van der Waals surface area contributed by atoms with E-state index in [0.29, 0.717) is 17.1 Å². The van der Waals surface area contributed by atoms with Crippen LogP contribution in [0.1, 0.15) is 69.4 Å². The third-order valence-electron chi connectivity index (χ3n) is 7.62. The van der Waals surface area contributed by atoms with E-state index in [-0.39, 0.29) is 5.75 Å². The number of rotatable bonds is 2. The Bertz CT molecular complexity index is 614. The van der Waals surface area contributed by atoms with E-state index in [1.165, 1.54) is 49.7 Å². The highest BCUT2D eigenvalue weighted by molar-refractivity contribution is 5.49. The summed E-state index contributed by atoms with van der Waals surface area (Å²) in [5.41, 5.74) is 3.25.